The number of carbonyl (C=O) groups excluding carboxylic acids is 2. The highest BCUT2D eigenvalue weighted by atomic mass is 16.5. The number of ether oxygens (including phenoxy) is 2. The molecule has 0 unspecified atom stereocenters. The number of nitrogens with one attached hydrogen (secondary N) is 2. The van der Waals surface area contributed by atoms with Crippen LogP contribution in [0.5, 0.6) is 5.75 Å². The van der Waals surface area contributed by atoms with E-state index in [2.05, 4.69) is 25.4 Å². The maximum Gasteiger partial charge on any atom is 0.411 e. The molecule has 2 aromatic carbocycles. The number of hydrogen-bond donors (Lipinski definition) is 2. The van der Waals surface area contributed by atoms with Crippen LogP contribution in [0.2, 0.25) is 0 Å². The molecule has 1 aliphatic heterocycles. The molecular weight excluding hydrogens is 458 g/mol. The number of amides is 2. The molecule has 2 amide bonds. The number of carbonyl (C=O) groups is 2. The smallest absolute Gasteiger partial charge is 0.411 e. The number of aromatic nitrogens is 1. The predicted molar refractivity (Wildman–Crippen MR) is 140 cm³/mol. The molecule has 1 aromatic heterocycles. The van der Waals surface area contributed by atoms with Crippen LogP contribution in [0.3, 0.4) is 0 Å². The third-order valence-corrected chi connectivity index (χ3v) is 5.83. The number of piperazine rings is 1. The van der Waals surface area contributed by atoms with Gasteiger partial charge in [-0.3, -0.25) is 20.0 Å². The second kappa shape index (κ2) is 12.6. The molecule has 0 saturated carbocycles. The lowest BCUT2D eigenvalue weighted by atomic mass is 10.2. The molecule has 0 radical (unpaired) electrons. The van der Waals surface area contributed by atoms with Crippen molar-refractivity contribution in [3.05, 3.63) is 78.6 Å². The molecule has 0 bridgehead atoms. The zero-order chi connectivity index (χ0) is 25.2. The van der Waals surface area contributed by atoms with Gasteiger partial charge in [-0.05, 0) is 49.4 Å². The minimum absolute atomic E-state index is 0.185. The van der Waals surface area contributed by atoms with Crippen LogP contribution in [0.25, 0.3) is 0 Å². The maximum absolute atomic E-state index is 12.4. The fourth-order valence-electron chi connectivity index (χ4n) is 3.98. The predicted octanol–water partition coefficient (Wildman–Crippen LogP) is 4.10. The lowest BCUT2D eigenvalue weighted by Crippen LogP contribution is -2.47. The SMILES string of the molecule is CCOc1ccccc1NC(=O)OCCN1CCN(c2cccc(NC(=O)c3cccnc3)c2)CC1. The zero-order valence-corrected chi connectivity index (χ0v) is 20.4. The van der Waals surface area contributed by atoms with E-state index in [0.717, 1.165) is 37.6 Å². The van der Waals surface area contributed by atoms with E-state index in [1.165, 1.54) is 0 Å². The van der Waals surface area contributed by atoms with Gasteiger partial charge in [0.15, 0.2) is 0 Å². The topological polar surface area (TPSA) is 96.0 Å². The zero-order valence-electron chi connectivity index (χ0n) is 20.4. The molecule has 9 heteroatoms. The van der Waals surface area contributed by atoms with E-state index in [0.29, 0.717) is 36.8 Å². The minimum Gasteiger partial charge on any atom is -0.492 e. The van der Waals surface area contributed by atoms with Crippen LogP contribution >= 0.6 is 0 Å². The Morgan fingerprint density at radius 3 is 2.58 bits per heavy atom. The Hall–Kier alpha value is -4.11. The average Bonchev–Trinajstić information content (AvgIpc) is 2.91. The van der Waals surface area contributed by atoms with Gasteiger partial charge >= 0.3 is 6.09 Å². The second-order valence-electron chi connectivity index (χ2n) is 8.26. The minimum atomic E-state index is -0.495. The van der Waals surface area contributed by atoms with Gasteiger partial charge in [0.1, 0.15) is 12.4 Å². The highest BCUT2D eigenvalue weighted by Crippen LogP contribution is 2.24. The van der Waals surface area contributed by atoms with Gasteiger partial charge in [-0.25, -0.2) is 4.79 Å². The molecule has 9 nitrogen and oxygen atoms in total. The molecule has 2 N–H and O–H groups in total. The molecule has 1 saturated heterocycles. The molecule has 1 fully saturated rings. The average molecular weight is 490 g/mol. The van der Waals surface area contributed by atoms with Gasteiger partial charge in [0.25, 0.3) is 5.91 Å². The molecule has 0 spiro atoms. The first-order chi connectivity index (χ1) is 17.6. The second-order valence-corrected chi connectivity index (χ2v) is 8.26. The molecule has 0 atom stereocenters. The standard InChI is InChI=1S/C27H31N5O4/c1-2-35-25-11-4-3-10-24(25)30-27(34)36-18-17-31-13-15-32(16-14-31)23-9-5-8-22(19-23)29-26(33)21-7-6-12-28-20-21/h3-12,19-20H,2,13-18H2,1H3,(H,29,33)(H,30,34). The van der Waals surface area contributed by atoms with Crippen molar-refractivity contribution in [2.24, 2.45) is 0 Å². The fourth-order valence-corrected chi connectivity index (χ4v) is 3.98. The van der Waals surface area contributed by atoms with Crippen LogP contribution < -0.4 is 20.3 Å². The van der Waals surface area contributed by atoms with Gasteiger partial charge in [0.2, 0.25) is 0 Å². The molecule has 0 aliphatic carbocycles. The molecule has 1 aliphatic rings. The first kappa shape index (κ1) is 25.0. The summed E-state index contributed by atoms with van der Waals surface area (Å²) in [4.78, 5) is 33.2. The summed E-state index contributed by atoms with van der Waals surface area (Å²) in [6.07, 6.45) is 2.69. The Labute approximate surface area is 211 Å². The Kier molecular flexibility index (Phi) is 8.72. The van der Waals surface area contributed by atoms with Crippen LogP contribution in [0.15, 0.2) is 73.1 Å². The molecule has 36 heavy (non-hydrogen) atoms. The summed E-state index contributed by atoms with van der Waals surface area (Å²) in [6, 6.07) is 18.6. The summed E-state index contributed by atoms with van der Waals surface area (Å²) in [5.41, 5.74) is 2.92. The highest BCUT2D eigenvalue weighted by Gasteiger charge is 2.18. The Morgan fingerprint density at radius 1 is 0.972 bits per heavy atom. The normalized spacial score (nSPS) is 13.6. The number of para-hydroxylation sites is 2. The van der Waals surface area contributed by atoms with E-state index in [1.807, 2.05) is 49.4 Å². The van der Waals surface area contributed by atoms with Crippen molar-refractivity contribution in [2.45, 2.75) is 6.92 Å². The largest absolute Gasteiger partial charge is 0.492 e. The molecule has 4 rings (SSSR count). The van der Waals surface area contributed by atoms with E-state index in [-0.39, 0.29) is 5.91 Å². The Morgan fingerprint density at radius 2 is 1.81 bits per heavy atom. The summed E-state index contributed by atoms with van der Waals surface area (Å²) in [7, 11) is 0. The van der Waals surface area contributed by atoms with E-state index < -0.39 is 6.09 Å². The molecule has 188 valence electrons. The van der Waals surface area contributed by atoms with Crippen molar-refractivity contribution in [3.63, 3.8) is 0 Å². The van der Waals surface area contributed by atoms with Gasteiger partial charge in [0.05, 0.1) is 17.9 Å². The lowest BCUT2D eigenvalue weighted by Gasteiger charge is -2.36. The van der Waals surface area contributed by atoms with E-state index in [1.54, 1.807) is 30.6 Å². The van der Waals surface area contributed by atoms with Crippen LogP contribution in [0, 0.1) is 0 Å². The van der Waals surface area contributed by atoms with Crippen LogP contribution in [-0.2, 0) is 4.74 Å². The summed E-state index contributed by atoms with van der Waals surface area (Å²) < 4.78 is 10.9. The molecule has 3 aromatic rings. The van der Waals surface area contributed by atoms with Crippen molar-refractivity contribution < 1.29 is 19.1 Å². The summed E-state index contributed by atoms with van der Waals surface area (Å²) in [5, 5.41) is 5.68. The van der Waals surface area contributed by atoms with E-state index in [9.17, 15) is 9.59 Å². The summed E-state index contributed by atoms with van der Waals surface area (Å²) >= 11 is 0. The fraction of sp³-hybridized carbons (Fsp3) is 0.296. The van der Waals surface area contributed by atoms with Crippen molar-refractivity contribution in [2.75, 3.05) is 61.5 Å². The van der Waals surface area contributed by atoms with Gasteiger partial charge < -0.3 is 19.7 Å². The van der Waals surface area contributed by atoms with Gasteiger partial charge in [-0.1, -0.05) is 18.2 Å². The Bertz CT molecular complexity index is 1150. The molecule has 2 heterocycles. The van der Waals surface area contributed by atoms with Gasteiger partial charge in [-0.2, -0.15) is 0 Å². The Balaban J connectivity index is 1.20. The number of anilines is 3. The number of pyridine rings is 1. The quantitative estimate of drug-likeness (QED) is 0.467. The summed E-state index contributed by atoms with van der Waals surface area (Å²) in [5.74, 6) is 0.435. The van der Waals surface area contributed by atoms with Crippen molar-refractivity contribution in [3.8, 4) is 5.75 Å². The lowest BCUT2D eigenvalue weighted by molar-refractivity contribution is 0.102. The van der Waals surface area contributed by atoms with Gasteiger partial charge in [-0.15, -0.1) is 0 Å². The van der Waals surface area contributed by atoms with Gasteiger partial charge in [0, 0.05) is 56.5 Å². The summed E-state index contributed by atoms with van der Waals surface area (Å²) in [6.45, 7) is 6.77. The van der Waals surface area contributed by atoms with E-state index >= 15 is 0 Å². The maximum atomic E-state index is 12.4. The van der Waals surface area contributed by atoms with Crippen molar-refractivity contribution in [1.82, 2.24) is 9.88 Å². The van der Waals surface area contributed by atoms with Crippen molar-refractivity contribution >= 4 is 29.1 Å². The first-order valence-electron chi connectivity index (χ1n) is 12.1. The first-order valence-corrected chi connectivity index (χ1v) is 12.1. The van der Waals surface area contributed by atoms with Crippen molar-refractivity contribution in [1.29, 1.82) is 0 Å². The van der Waals surface area contributed by atoms with E-state index in [4.69, 9.17) is 9.47 Å². The highest BCUT2D eigenvalue weighted by molar-refractivity contribution is 6.04. The van der Waals surface area contributed by atoms with Crippen LogP contribution in [0.4, 0.5) is 21.9 Å². The van der Waals surface area contributed by atoms with Crippen LogP contribution in [-0.4, -0.2) is 67.8 Å². The number of nitrogens with zero attached hydrogens (tertiary/aromatic N) is 3. The number of benzene rings is 2. The van der Waals surface area contributed by atoms with Crippen LogP contribution in [0.1, 0.15) is 17.3 Å². The number of rotatable bonds is 9. The molecular formula is C27H31N5O4. The number of hydrogen-bond acceptors (Lipinski definition) is 7. The third kappa shape index (κ3) is 6.96. The third-order valence-electron chi connectivity index (χ3n) is 5.83. The monoisotopic (exact) mass is 489 g/mol.